The Hall–Kier alpha value is -2.06. The first kappa shape index (κ1) is 13.4. The van der Waals surface area contributed by atoms with Crippen LogP contribution in [-0.2, 0) is 16.6 Å². The van der Waals surface area contributed by atoms with Crippen molar-refractivity contribution in [2.75, 3.05) is 13.6 Å². The average Bonchev–Trinajstić information content (AvgIpc) is 2.91. The second-order valence-corrected chi connectivity index (χ2v) is 7.39. The van der Waals surface area contributed by atoms with Crippen molar-refractivity contribution in [1.29, 1.82) is 0 Å². The van der Waals surface area contributed by atoms with E-state index < -0.39 is 17.1 Å². The Morgan fingerprint density at radius 1 is 1.43 bits per heavy atom. The van der Waals surface area contributed by atoms with Crippen LogP contribution in [0, 0.1) is 6.57 Å². The lowest BCUT2D eigenvalue weighted by Gasteiger charge is -2.55. The molecule has 5 rings (SSSR count). The van der Waals surface area contributed by atoms with Crippen molar-refractivity contribution in [1.82, 2.24) is 4.90 Å². The predicted octanol–water partition coefficient (Wildman–Crippen LogP) is 1.72. The van der Waals surface area contributed by atoms with Gasteiger partial charge in [0.2, 0.25) is 0 Å². The molecule has 1 saturated heterocycles. The summed E-state index contributed by atoms with van der Waals surface area (Å²) in [6.45, 7) is 6.87. The number of hydrogen-bond acceptors (Lipinski definition) is 4. The number of carbonyl (C=O) groups is 1. The van der Waals surface area contributed by atoms with Gasteiger partial charge in [-0.3, -0.25) is 9.69 Å². The number of rotatable bonds is 0. The summed E-state index contributed by atoms with van der Waals surface area (Å²) in [5.74, 6) is 0.707. The molecule has 0 radical (unpaired) electrons. The van der Waals surface area contributed by atoms with Crippen molar-refractivity contribution in [2.24, 2.45) is 0 Å². The van der Waals surface area contributed by atoms with Gasteiger partial charge in [0, 0.05) is 18.4 Å². The van der Waals surface area contributed by atoms with Crippen LogP contribution in [0.3, 0.4) is 0 Å². The van der Waals surface area contributed by atoms with Gasteiger partial charge in [0.1, 0.15) is 5.41 Å². The zero-order valence-corrected chi connectivity index (χ0v) is 13.1. The number of phenolic OH excluding ortho intramolecular Hbond substituents is 1. The Labute approximate surface area is 134 Å². The van der Waals surface area contributed by atoms with Crippen molar-refractivity contribution < 1.29 is 14.6 Å². The number of nitrogens with zero attached hydrogens (tertiary/aromatic N) is 2. The standard InChI is InChI=1S/C18H18N2O3/c1-19-18-6-5-12(22)16-17(18)7-8-20(2)13(18)9-10-3-4-11(21)15(23-16)14(10)17/h1,3-4,13,16H,5-9H2,2H3/p+1/t13-,16+,17+,18-/m0/s1. The van der Waals surface area contributed by atoms with Crippen molar-refractivity contribution in [3.8, 4) is 18.1 Å². The molecule has 5 nitrogen and oxygen atoms in total. The van der Waals surface area contributed by atoms with Gasteiger partial charge in [0.05, 0.1) is 6.04 Å². The zero-order chi connectivity index (χ0) is 16.0. The van der Waals surface area contributed by atoms with Crippen LogP contribution in [0.5, 0.6) is 11.5 Å². The third-order valence-electron chi connectivity index (χ3n) is 6.76. The molecule has 0 unspecified atom stereocenters. The Morgan fingerprint density at radius 3 is 3.04 bits per heavy atom. The summed E-state index contributed by atoms with van der Waals surface area (Å²) in [4.78, 5) is 19.4. The fourth-order valence-corrected chi connectivity index (χ4v) is 5.80. The number of likely N-dealkylation sites (tertiary alicyclic amines) is 1. The van der Waals surface area contributed by atoms with E-state index in [1.165, 1.54) is 0 Å². The molecule has 2 heterocycles. The average molecular weight is 311 g/mol. The number of benzene rings is 1. The molecular weight excluding hydrogens is 292 g/mol. The SMILES string of the molecule is C#[N+][C@]12CCC(=O)[C@H]3Oc4c(O)ccc5c4[C@]31CCN(C)[C@H]2C5. The van der Waals surface area contributed by atoms with E-state index in [9.17, 15) is 9.90 Å². The van der Waals surface area contributed by atoms with E-state index in [0.717, 1.165) is 30.5 Å². The summed E-state index contributed by atoms with van der Waals surface area (Å²) < 4.78 is 6.05. The topological polar surface area (TPSA) is 54.1 Å². The third-order valence-corrected chi connectivity index (χ3v) is 6.76. The molecule has 1 N–H and O–H groups in total. The summed E-state index contributed by atoms with van der Waals surface area (Å²) in [7, 11) is 2.11. The molecule has 2 fully saturated rings. The number of aromatic hydroxyl groups is 1. The molecule has 0 amide bonds. The van der Waals surface area contributed by atoms with E-state index in [1.54, 1.807) is 6.07 Å². The molecule has 23 heavy (non-hydrogen) atoms. The highest BCUT2D eigenvalue weighted by Gasteiger charge is 2.79. The van der Waals surface area contributed by atoms with E-state index in [4.69, 9.17) is 11.3 Å². The van der Waals surface area contributed by atoms with Gasteiger partial charge in [0.15, 0.2) is 23.4 Å². The maximum atomic E-state index is 12.7. The van der Waals surface area contributed by atoms with Crippen LogP contribution in [0.4, 0.5) is 0 Å². The largest absolute Gasteiger partial charge is 0.504 e. The van der Waals surface area contributed by atoms with Crippen molar-refractivity contribution in [2.45, 2.75) is 48.8 Å². The first-order valence-electron chi connectivity index (χ1n) is 8.22. The van der Waals surface area contributed by atoms with Crippen molar-refractivity contribution >= 4 is 5.78 Å². The van der Waals surface area contributed by atoms with Crippen LogP contribution in [0.15, 0.2) is 12.1 Å². The van der Waals surface area contributed by atoms with Gasteiger partial charge >= 0.3 is 5.54 Å². The van der Waals surface area contributed by atoms with Crippen LogP contribution >= 0.6 is 0 Å². The van der Waals surface area contributed by atoms with Gasteiger partial charge in [-0.15, -0.1) is 0 Å². The second-order valence-electron chi connectivity index (χ2n) is 7.39. The molecule has 1 saturated carbocycles. The van der Waals surface area contributed by atoms with Gasteiger partial charge in [-0.05, 0) is 38.1 Å². The van der Waals surface area contributed by atoms with Crippen molar-refractivity contribution in [3.63, 3.8) is 0 Å². The summed E-state index contributed by atoms with van der Waals surface area (Å²) in [6, 6.07) is 3.81. The van der Waals surface area contributed by atoms with Gasteiger partial charge in [-0.25, -0.2) is 0 Å². The minimum atomic E-state index is -0.568. The molecule has 4 atom stereocenters. The highest BCUT2D eigenvalue weighted by atomic mass is 16.5. The first-order valence-corrected chi connectivity index (χ1v) is 8.22. The smallest absolute Gasteiger partial charge is 0.310 e. The van der Waals surface area contributed by atoms with Crippen LogP contribution in [0.2, 0.25) is 0 Å². The van der Waals surface area contributed by atoms with E-state index in [1.807, 2.05) is 6.07 Å². The molecule has 2 aliphatic carbocycles. The molecule has 1 aromatic rings. The van der Waals surface area contributed by atoms with Crippen LogP contribution < -0.4 is 4.74 Å². The van der Waals surface area contributed by atoms with Crippen LogP contribution in [0.25, 0.3) is 4.85 Å². The van der Waals surface area contributed by atoms with Gasteiger partial charge in [-0.1, -0.05) is 10.9 Å². The monoisotopic (exact) mass is 311 g/mol. The lowest BCUT2D eigenvalue weighted by atomic mass is 9.47. The molecule has 1 aromatic carbocycles. The predicted molar refractivity (Wildman–Crippen MR) is 84.2 cm³/mol. The summed E-state index contributed by atoms with van der Waals surface area (Å²) >= 11 is 0. The lowest BCUT2D eigenvalue weighted by Crippen LogP contribution is -2.74. The van der Waals surface area contributed by atoms with Crippen molar-refractivity contribution in [3.05, 3.63) is 28.1 Å². The maximum Gasteiger partial charge on any atom is 0.310 e. The number of ketones is 1. The van der Waals surface area contributed by atoms with E-state index >= 15 is 0 Å². The van der Waals surface area contributed by atoms with E-state index in [2.05, 4.69) is 16.8 Å². The fraction of sp³-hybridized carbons (Fsp3) is 0.556. The highest BCUT2D eigenvalue weighted by Crippen LogP contribution is 2.65. The minimum Gasteiger partial charge on any atom is -0.504 e. The Balaban J connectivity index is 1.91. The van der Waals surface area contributed by atoms with E-state index in [0.29, 0.717) is 18.6 Å². The number of piperidine rings is 1. The maximum absolute atomic E-state index is 12.7. The second kappa shape index (κ2) is 3.88. The normalized spacial score (nSPS) is 40.3. The first-order chi connectivity index (χ1) is 11.0. The van der Waals surface area contributed by atoms with Gasteiger partial charge in [-0.2, -0.15) is 0 Å². The molecule has 118 valence electrons. The molecule has 1 spiro atoms. The summed E-state index contributed by atoms with van der Waals surface area (Å²) in [5.41, 5.74) is 1.13. The summed E-state index contributed by atoms with van der Waals surface area (Å²) in [5, 5.41) is 10.3. The Morgan fingerprint density at radius 2 is 2.26 bits per heavy atom. The molecule has 5 heteroatoms. The quantitative estimate of drug-likeness (QED) is 0.792. The van der Waals surface area contributed by atoms with Crippen LogP contribution in [0.1, 0.15) is 30.4 Å². The lowest BCUT2D eigenvalue weighted by molar-refractivity contribution is -0.138. The Bertz CT molecular complexity index is 798. The number of phenols is 1. The summed E-state index contributed by atoms with van der Waals surface area (Å²) in [6.07, 6.45) is 2.13. The van der Waals surface area contributed by atoms with E-state index in [-0.39, 0.29) is 17.6 Å². The molecule has 2 bridgehead atoms. The highest BCUT2D eigenvalue weighted by molar-refractivity contribution is 5.90. The zero-order valence-electron chi connectivity index (χ0n) is 13.1. The number of hydrogen-bond donors (Lipinski definition) is 1. The number of Topliss-reactive ketones (excluding diaryl/α,β-unsaturated/α-hetero) is 1. The molecule has 2 aliphatic heterocycles. The number of carbonyl (C=O) groups excluding carboxylic acids is 1. The van der Waals surface area contributed by atoms with Crippen LogP contribution in [-0.4, -0.2) is 47.1 Å². The molecular formula is C18H19N2O3+. The molecule has 0 aromatic heterocycles. The van der Waals surface area contributed by atoms with Gasteiger partial charge < -0.3 is 9.84 Å². The van der Waals surface area contributed by atoms with Gasteiger partial charge in [0.25, 0.3) is 6.57 Å². The minimum absolute atomic E-state index is 0.107. The molecule has 4 aliphatic rings. The Kier molecular flexibility index (Phi) is 2.26. The number of likely N-dealkylation sites (N-methyl/N-ethyl adjacent to an activating group) is 1. The fourth-order valence-electron chi connectivity index (χ4n) is 5.80. The third kappa shape index (κ3) is 1.21. The number of ether oxygens (including phenoxy) is 1.